The summed E-state index contributed by atoms with van der Waals surface area (Å²) >= 11 is 0. The number of anilines is 1. The Hall–Kier alpha value is -3.02. The summed E-state index contributed by atoms with van der Waals surface area (Å²) in [4.78, 5) is 41.3. The standard InChI is InChI=1S/C24H27FN2O3/c1-4-5-22(28)26(15-17-6-10-19(25)11-7-17)21-14-23(29)27(24(21)30)20-12-8-18(9-13-20)16(2)3/h6-13,16,21H,4-5,14-15H2,1-3H3. The molecule has 0 saturated carbocycles. The van der Waals surface area contributed by atoms with Crippen LogP contribution in [0.4, 0.5) is 10.1 Å². The highest BCUT2D eigenvalue weighted by molar-refractivity contribution is 6.23. The van der Waals surface area contributed by atoms with E-state index < -0.39 is 11.9 Å². The molecule has 1 saturated heterocycles. The van der Waals surface area contributed by atoms with Gasteiger partial charge in [-0.15, -0.1) is 0 Å². The summed E-state index contributed by atoms with van der Waals surface area (Å²) in [7, 11) is 0. The molecule has 0 aromatic heterocycles. The van der Waals surface area contributed by atoms with Gasteiger partial charge in [-0.2, -0.15) is 0 Å². The van der Waals surface area contributed by atoms with Crippen LogP contribution in [0.3, 0.4) is 0 Å². The first kappa shape index (κ1) is 21.7. The number of rotatable bonds is 7. The molecule has 1 heterocycles. The van der Waals surface area contributed by atoms with Crippen LogP contribution in [0.2, 0.25) is 0 Å². The highest BCUT2D eigenvalue weighted by Gasteiger charge is 2.44. The number of nitrogens with zero attached hydrogens (tertiary/aromatic N) is 2. The third-order valence-electron chi connectivity index (χ3n) is 5.37. The van der Waals surface area contributed by atoms with Crippen LogP contribution in [0.1, 0.15) is 57.1 Å². The van der Waals surface area contributed by atoms with E-state index >= 15 is 0 Å². The van der Waals surface area contributed by atoms with Crippen molar-refractivity contribution in [3.63, 3.8) is 0 Å². The van der Waals surface area contributed by atoms with Gasteiger partial charge >= 0.3 is 0 Å². The van der Waals surface area contributed by atoms with Crippen molar-refractivity contribution < 1.29 is 18.8 Å². The predicted molar refractivity (Wildman–Crippen MR) is 113 cm³/mol. The Balaban J connectivity index is 1.86. The SMILES string of the molecule is CCCC(=O)N(Cc1ccc(F)cc1)C1CC(=O)N(c2ccc(C(C)C)cc2)C1=O. The van der Waals surface area contributed by atoms with Crippen molar-refractivity contribution in [1.29, 1.82) is 0 Å². The molecule has 1 aliphatic heterocycles. The van der Waals surface area contributed by atoms with Crippen molar-refractivity contribution in [2.24, 2.45) is 0 Å². The average molecular weight is 410 g/mol. The first-order valence-electron chi connectivity index (χ1n) is 10.3. The minimum absolute atomic E-state index is 0.0542. The van der Waals surface area contributed by atoms with E-state index in [1.54, 1.807) is 24.3 Å². The van der Waals surface area contributed by atoms with Crippen LogP contribution in [0.15, 0.2) is 48.5 Å². The average Bonchev–Trinajstić information content (AvgIpc) is 3.01. The zero-order chi connectivity index (χ0) is 21.8. The highest BCUT2D eigenvalue weighted by atomic mass is 19.1. The number of hydrogen-bond acceptors (Lipinski definition) is 3. The van der Waals surface area contributed by atoms with E-state index in [1.807, 2.05) is 19.1 Å². The Morgan fingerprint density at radius 1 is 1.10 bits per heavy atom. The Labute approximate surface area is 176 Å². The molecule has 158 valence electrons. The molecule has 3 amide bonds. The maximum atomic E-state index is 13.2. The number of halogens is 1. The van der Waals surface area contributed by atoms with Gasteiger partial charge < -0.3 is 4.90 Å². The minimum atomic E-state index is -0.855. The Bertz CT molecular complexity index is 922. The van der Waals surface area contributed by atoms with Crippen LogP contribution < -0.4 is 4.90 Å². The summed E-state index contributed by atoms with van der Waals surface area (Å²) < 4.78 is 13.2. The molecular formula is C24H27FN2O3. The Morgan fingerprint density at radius 2 is 1.73 bits per heavy atom. The number of imide groups is 1. The summed E-state index contributed by atoms with van der Waals surface area (Å²) in [6.07, 6.45) is 0.859. The number of carbonyl (C=O) groups excluding carboxylic acids is 3. The second kappa shape index (κ2) is 9.20. The molecule has 0 radical (unpaired) electrons. The number of carbonyl (C=O) groups is 3. The zero-order valence-corrected chi connectivity index (χ0v) is 17.6. The van der Waals surface area contributed by atoms with Gasteiger partial charge in [0.1, 0.15) is 11.9 Å². The van der Waals surface area contributed by atoms with Crippen LogP contribution in [0.5, 0.6) is 0 Å². The van der Waals surface area contributed by atoms with Crippen molar-refractivity contribution >= 4 is 23.4 Å². The van der Waals surface area contributed by atoms with E-state index in [1.165, 1.54) is 21.9 Å². The van der Waals surface area contributed by atoms with Gasteiger partial charge in [0, 0.05) is 13.0 Å². The second-order valence-corrected chi connectivity index (χ2v) is 7.93. The summed E-state index contributed by atoms with van der Waals surface area (Å²) in [5.74, 6) is -0.937. The van der Waals surface area contributed by atoms with E-state index in [0.29, 0.717) is 23.6 Å². The molecule has 3 rings (SSSR count). The number of amides is 3. The van der Waals surface area contributed by atoms with Crippen molar-refractivity contribution in [3.05, 3.63) is 65.5 Å². The molecule has 30 heavy (non-hydrogen) atoms. The quantitative estimate of drug-likeness (QED) is 0.636. The lowest BCUT2D eigenvalue weighted by Gasteiger charge is -2.28. The number of benzene rings is 2. The molecule has 0 bridgehead atoms. The van der Waals surface area contributed by atoms with Crippen molar-refractivity contribution in [3.8, 4) is 0 Å². The van der Waals surface area contributed by atoms with Gasteiger partial charge in [0.15, 0.2) is 0 Å². The van der Waals surface area contributed by atoms with Gasteiger partial charge in [-0.1, -0.05) is 45.0 Å². The second-order valence-electron chi connectivity index (χ2n) is 7.93. The molecule has 6 heteroatoms. The first-order chi connectivity index (χ1) is 14.3. The molecule has 1 fully saturated rings. The Kier molecular flexibility index (Phi) is 6.65. The van der Waals surface area contributed by atoms with Crippen LogP contribution in [0.25, 0.3) is 0 Å². The fourth-order valence-corrected chi connectivity index (χ4v) is 3.66. The lowest BCUT2D eigenvalue weighted by atomic mass is 10.0. The van der Waals surface area contributed by atoms with E-state index in [4.69, 9.17) is 0 Å². The molecule has 1 atom stereocenters. The minimum Gasteiger partial charge on any atom is -0.326 e. The maximum Gasteiger partial charge on any atom is 0.257 e. The van der Waals surface area contributed by atoms with Crippen molar-refractivity contribution in [1.82, 2.24) is 4.90 Å². The molecule has 5 nitrogen and oxygen atoms in total. The summed E-state index contributed by atoms with van der Waals surface area (Å²) in [5.41, 5.74) is 2.34. The molecule has 2 aromatic rings. The van der Waals surface area contributed by atoms with E-state index in [0.717, 1.165) is 5.56 Å². The van der Waals surface area contributed by atoms with E-state index in [9.17, 15) is 18.8 Å². The fraction of sp³-hybridized carbons (Fsp3) is 0.375. The molecule has 1 aliphatic rings. The summed E-state index contributed by atoms with van der Waals surface area (Å²) in [6.45, 7) is 6.19. The van der Waals surface area contributed by atoms with Gasteiger partial charge in [-0.05, 0) is 47.7 Å². The largest absolute Gasteiger partial charge is 0.326 e. The number of hydrogen-bond donors (Lipinski definition) is 0. The first-order valence-corrected chi connectivity index (χ1v) is 10.3. The van der Waals surface area contributed by atoms with E-state index in [2.05, 4.69) is 13.8 Å². The smallest absolute Gasteiger partial charge is 0.257 e. The van der Waals surface area contributed by atoms with Gasteiger partial charge in [-0.3, -0.25) is 14.4 Å². The van der Waals surface area contributed by atoms with Gasteiger partial charge in [0.05, 0.1) is 12.1 Å². The monoisotopic (exact) mass is 410 g/mol. The third-order valence-corrected chi connectivity index (χ3v) is 5.37. The molecule has 0 N–H and O–H groups in total. The molecule has 2 aromatic carbocycles. The fourth-order valence-electron chi connectivity index (χ4n) is 3.66. The Morgan fingerprint density at radius 3 is 2.30 bits per heavy atom. The predicted octanol–water partition coefficient (Wildman–Crippen LogP) is 4.41. The summed E-state index contributed by atoms with van der Waals surface area (Å²) in [6, 6.07) is 12.3. The van der Waals surface area contributed by atoms with Crippen LogP contribution >= 0.6 is 0 Å². The van der Waals surface area contributed by atoms with Crippen LogP contribution in [-0.4, -0.2) is 28.7 Å². The van der Waals surface area contributed by atoms with Crippen LogP contribution in [0, 0.1) is 5.82 Å². The molecular weight excluding hydrogens is 383 g/mol. The van der Waals surface area contributed by atoms with Crippen molar-refractivity contribution in [2.75, 3.05) is 4.90 Å². The summed E-state index contributed by atoms with van der Waals surface area (Å²) in [5, 5.41) is 0. The highest BCUT2D eigenvalue weighted by Crippen LogP contribution is 2.28. The maximum absolute atomic E-state index is 13.2. The van der Waals surface area contributed by atoms with Gasteiger partial charge in [-0.25, -0.2) is 9.29 Å². The third kappa shape index (κ3) is 4.58. The lowest BCUT2D eigenvalue weighted by molar-refractivity contribution is -0.139. The van der Waals surface area contributed by atoms with E-state index in [-0.39, 0.29) is 37.0 Å². The van der Waals surface area contributed by atoms with Crippen LogP contribution in [-0.2, 0) is 20.9 Å². The van der Waals surface area contributed by atoms with Crippen molar-refractivity contribution in [2.45, 2.75) is 58.5 Å². The van der Waals surface area contributed by atoms with Gasteiger partial charge in [0.2, 0.25) is 11.8 Å². The normalized spacial score (nSPS) is 16.4. The molecule has 0 spiro atoms. The topological polar surface area (TPSA) is 57.7 Å². The zero-order valence-electron chi connectivity index (χ0n) is 17.6. The van der Waals surface area contributed by atoms with Gasteiger partial charge in [0.25, 0.3) is 5.91 Å². The molecule has 0 aliphatic carbocycles. The molecule has 1 unspecified atom stereocenters. The lowest BCUT2D eigenvalue weighted by Crippen LogP contribution is -2.45.